The Balaban J connectivity index is 2.21. The van der Waals surface area contributed by atoms with E-state index >= 15 is 0 Å². The molecule has 22 heavy (non-hydrogen) atoms. The van der Waals surface area contributed by atoms with Gasteiger partial charge in [0.1, 0.15) is 11.9 Å². The Morgan fingerprint density at radius 1 is 1.18 bits per heavy atom. The Bertz CT molecular complexity index is 823. The summed E-state index contributed by atoms with van der Waals surface area (Å²) in [4.78, 5) is 0. The molecule has 2 aromatic carbocycles. The zero-order valence-electron chi connectivity index (χ0n) is 12.5. The van der Waals surface area contributed by atoms with E-state index in [4.69, 9.17) is 0 Å². The molecule has 0 aliphatic rings. The summed E-state index contributed by atoms with van der Waals surface area (Å²) in [6.45, 7) is 4.84. The third-order valence-corrected chi connectivity index (χ3v) is 4.58. The molecule has 3 aromatic rings. The molecule has 2 nitrogen and oxygen atoms in total. The molecule has 114 valence electrons. The molecular weight excluding hydrogens is 345 g/mol. The van der Waals surface area contributed by atoms with Gasteiger partial charge in [-0.1, -0.05) is 28.1 Å². The van der Waals surface area contributed by atoms with E-state index in [1.165, 1.54) is 12.1 Å². The van der Waals surface area contributed by atoms with E-state index in [1.807, 2.05) is 13.0 Å². The van der Waals surface area contributed by atoms with Gasteiger partial charge in [-0.15, -0.1) is 0 Å². The third-order valence-electron chi connectivity index (χ3n) is 4.09. The number of rotatable bonds is 3. The van der Waals surface area contributed by atoms with Crippen molar-refractivity contribution < 1.29 is 9.50 Å². The van der Waals surface area contributed by atoms with Crippen LogP contribution >= 0.6 is 15.9 Å². The number of aliphatic hydroxyl groups excluding tert-OH is 1. The van der Waals surface area contributed by atoms with Gasteiger partial charge in [-0.2, -0.15) is 0 Å². The van der Waals surface area contributed by atoms with Crippen LogP contribution in [0.2, 0.25) is 0 Å². The molecule has 0 bridgehead atoms. The van der Waals surface area contributed by atoms with Gasteiger partial charge in [0, 0.05) is 21.9 Å². The number of aliphatic hydroxyl groups is 1. The lowest BCUT2D eigenvalue weighted by atomic mass is 10.0. The summed E-state index contributed by atoms with van der Waals surface area (Å²) in [7, 11) is 0. The highest BCUT2D eigenvalue weighted by Crippen LogP contribution is 2.34. The van der Waals surface area contributed by atoms with Gasteiger partial charge in [0.25, 0.3) is 0 Å². The zero-order chi connectivity index (χ0) is 15.9. The van der Waals surface area contributed by atoms with Gasteiger partial charge >= 0.3 is 0 Å². The van der Waals surface area contributed by atoms with E-state index in [1.54, 1.807) is 12.1 Å². The van der Waals surface area contributed by atoms with Crippen molar-refractivity contribution in [2.75, 3.05) is 0 Å². The van der Waals surface area contributed by atoms with Gasteiger partial charge in [-0.05, 0) is 55.3 Å². The predicted octanol–water partition coefficient (Wildman–Crippen LogP) is 4.95. The molecule has 0 spiro atoms. The van der Waals surface area contributed by atoms with Crippen molar-refractivity contribution in [2.24, 2.45) is 0 Å². The Morgan fingerprint density at radius 2 is 1.86 bits per heavy atom. The summed E-state index contributed by atoms with van der Waals surface area (Å²) in [5.41, 5.74) is 3.71. The first-order chi connectivity index (χ1) is 10.5. The summed E-state index contributed by atoms with van der Waals surface area (Å²) in [6.07, 6.45) is -0.772. The number of nitrogens with zero attached hydrogens (tertiary/aromatic N) is 1. The summed E-state index contributed by atoms with van der Waals surface area (Å²) < 4.78 is 16.2. The van der Waals surface area contributed by atoms with Gasteiger partial charge < -0.3 is 9.67 Å². The second kappa shape index (κ2) is 5.86. The maximum absolute atomic E-state index is 13.1. The van der Waals surface area contributed by atoms with E-state index in [9.17, 15) is 9.50 Å². The fraction of sp³-hybridized carbons (Fsp3) is 0.222. The first-order valence-electron chi connectivity index (χ1n) is 7.24. The van der Waals surface area contributed by atoms with E-state index in [-0.39, 0.29) is 5.82 Å². The first-order valence-corrected chi connectivity index (χ1v) is 8.04. The van der Waals surface area contributed by atoms with Crippen molar-refractivity contribution in [1.29, 1.82) is 0 Å². The van der Waals surface area contributed by atoms with E-state index in [0.29, 0.717) is 5.56 Å². The lowest BCUT2D eigenvalue weighted by Crippen LogP contribution is -2.09. The average Bonchev–Trinajstić information content (AvgIpc) is 2.79. The number of fused-ring (bicyclic) bond motifs is 1. The molecule has 4 heteroatoms. The van der Waals surface area contributed by atoms with Crippen molar-refractivity contribution >= 4 is 26.8 Å². The zero-order valence-corrected chi connectivity index (χ0v) is 14.1. The maximum atomic E-state index is 13.1. The molecule has 0 saturated heterocycles. The van der Waals surface area contributed by atoms with Crippen molar-refractivity contribution in [3.05, 3.63) is 69.6 Å². The van der Waals surface area contributed by atoms with Crippen LogP contribution in [0.25, 0.3) is 10.9 Å². The van der Waals surface area contributed by atoms with Crippen LogP contribution in [0.1, 0.15) is 29.8 Å². The normalized spacial score (nSPS) is 12.8. The smallest absolute Gasteiger partial charge is 0.123 e. The molecule has 0 saturated carbocycles. The van der Waals surface area contributed by atoms with Gasteiger partial charge in [0.2, 0.25) is 0 Å². The van der Waals surface area contributed by atoms with Crippen LogP contribution in [0.15, 0.2) is 46.9 Å². The van der Waals surface area contributed by atoms with Crippen molar-refractivity contribution in [3.63, 3.8) is 0 Å². The predicted molar refractivity (Wildman–Crippen MR) is 90.5 cm³/mol. The van der Waals surface area contributed by atoms with E-state index in [0.717, 1.165) is 33.2 Å². The molecule has 1 heterocycles. The largest absolute Gasteiger partial charge is 0.382 e. The van der Waals surface area contributed by atoms with Crippen molar-refractivity contribution in [2.45, 2.75) is 26.5 Å². The second-order valence-electron chi connectivity index (χ2n) is 5.37. The van der Waals surface area contributed by atoms with Crippen LogP contribution in [0.5, 0.6) is 0 Å². The summed E-state index contributed by atoms with van der Waals surface area (Å²) in [5.74, 6) is -0.298. The quantitative estimate of drug-likeness (QED) is 0.701. The van der Waals surface area contributed by atoms with Crippen LogP contribution in [0.3, 0.4) is 0 Å². The van der Waals surface area contributed by atoms with Crippen LogP contribution in [-0.2, 0) is 6.54 Å². The number of aromatic nitrogens is 1. The minimum absolute atomic E-state index is 0.298. The summed E-state index contributed by atoms with van der Waals surface area (Å²) in [5, 5.41) is 11.9. The number of benzene rings is 2. The van der Waals surface area contributed by atoms with Crippen LogP contribution in [0, 0.1) is 12.7 Å². The highest BCUT2D eigenvalue weighted by Gasteiger charge is 2.21. The van der Waals surface area contributed by atoms with Crippen molar-refractivity contribution in [1.82, 2.24) is 4.57 Å². The molecule has 1 N–H and O–H groups in total. The first kappa shape index (κ1) is 15.3. The number of hydrogen-bond donors (Lipinski definition) is 1. The third kappa shape index (κ3) is 2.46. The lowest BCUT2D eigenvalue weighted by Gasteiger charge is -2.16. The molecule has 1 atom stereocenters. The molecule has 1 aromatic heterocycles. The molecule has 3 rings (SSSR count). The molecule has 0 aliphatic heterocycles. The van der Waals surface area contributed by atoms with Crippen molar-refractivity contribution in [3.8, 4) is 0 Å². The minimum atomic E-state index is -0.772. The molecule has 1 unspecified atom stereocenters. The van der Waals surface area contributed by atoms with Gasteiger partial charge in [-0.25, -0.2) is 4.39 Å². The summed E-state index contributed by atoms with van der Waals surface area (Å²) in [6, 6.07) is 12.1. The maximum Gasteiger partial charge on any atom is 0.123 e. The highest BCUT2D eigenvalue weighted by atomic mass is 79.9. The fourth-order valence-electron chi connectivity index (χ4n) is 3.01. The SMILES string of the molecule is CCn1c(C(O)c2ccc(F)cc2)c(C)c2cc(Br)ccc21. The number of hydrogen-bond acceptors (Lipinski definition) is 1. The second-order valence-corrected chi connectivity index (χ2v) is 6.29. The monoisotopic (exact) mass is 361 g/mol. The lowest BCUT2D eigenvalue weighted by molar-refractivity contribution is 0.210. The fourth-order valence-corrected chi connectivity index (χ4v) is 3.37. The summed E-state index contributed by atoms with van der Waals surface area (Å²) >= 11 is 3.50. The molecular formula is C18H17BrFNO. The number of halogens is 2. The van der Waals surface area contributed by atoms with Crippen LogP contribution in [0.4, 0.5) is 4.39 Å². The Labute approximate surface area is 137 Å². The van der Waals surface area contributed by atoms with Gasteiger partial charge in [-0.3, -0.25) is 0 Å². The van der Waals surface area contributed by atoms with E-state index < -0.39 is 6.10 Å². The molecule has 0 aliphatic carbocycles. The Hall–Kier alpha value is -1.65. The Morgan fingerprint density at radius 3 is 2.50 bits per heavy atom. The van der Waals surface area contributed by atoms with Gasteiger partial charge in [0.15, 0.2) is 0 Å². The van der Waals surface area contributed by atoms with Gasteiger partial charge in [0.05, 0.1) is 5.69 Å². The standard InChI is InChI=1S/C18H17BrFNO/c1-3-21-16-9-6-13(19)10-15(16)11(2)17(21)18(22)12-4-7-14(20)8-5-12/h4-10,18,22H,3H2,1-2H3. The topological polar surface area (TPSA) is 25.2 Å². The molecule has 0 amide bonds. The van der Waals surface area contributed by atoms with E-state index in [2.05, 4.69) is 39.6 Å². The number of aryl methyl sites for hydroxylation is 2. The Kier molecular flexibility index (Phi) is 4.06. The highest BCUT2D eigenvalue weighted by molar-refractivity contribution is 9.10. The van der Waals surface area contributed by atoms with Crippen LogP contribution in [-0.4, -0.2) is 9.67 Å². The van der Waals surface area contributed by atoms with Crippen LogP contribution < -0.4 is 0 Å². The molecule has 0 fully saturated rings. The average molecular weight is 362 g/mol. The minimum Gasteiger partial charge on any atom is -0.382 e. The molecule has 0 radical (unpaired) electrons.